The maximum absolute atomic E-state index is 14.0. The molecule has 20 heavy (non-hydrogen) atoms. The maximum Gasteiger partial charge on any atom is 0.168 e. The van der Waals surface area contributed by atoms with Gasteiger partial charge >= 0.3 is 0 Å². The van der Waals surface area contributed by atoms with E-state index < -0.39 is 0 Å². The van der Waals surface area contributed by atoms with Crippen LogP contribution in [-0.4, -0.2) is 6.54 Å². The molecule has 0 bridgehead atoms. The van der Waals surface area contributed by atoms with E-state index in [1.165, 1.54) is 0 Å². The van der Waals surface area contributed by atoms with Crippen LogP contribution in [0.1, 0.15) is 31.0 Å². The lowest BCUT2D eigenvalue weighted by atomic mass is 10.1. The van der Waals surface area contributed by atoms with E-state index in [0.29, 0.717) is 11.3 Å². The van der Waals surface area contributed by atoms with Crippen LogP contribution in [0.2, 0.25) is 0 Å². The summed E-state index contributed by atoms with van der Waals surface area (Å²) in [6, 6.07) is 13.1. The van der Waals surface area contributed by atoms with Gasteiger partial charge in [0.25, 0.3) is 0 Å². The molecule has 0 heterocycles. The molecule has 2 aromatic carbocycles. The fraction of sp³-hybridized carbons (Fsp3) is 0.294. The van der Waals surface area contributed by atoms with E-state index in [2.05, 4.69) is 19.2 Å². The van der Waals surface area contributed by atoms with E-state index in [-0.39, 0.29) is 17.6 Å². The monoisotopic (exact) mass is 273 g/mol. The fourth-order valence-electron chi connectivity index (χ4n) is 2.17. The molecule has 0 radical (unpaired) electrons. The van der Waals surface area contributed by atoms with Crippen molar-refractivity contribution in [3.63, 3.8) is 0 Å². The van der Waals surface area contributed by atoms with Crippen molar-refractivity contribution in [3.05, 3.63) is 59.4 Å². The Morgan fingerprint density at radius 1 is 1.10 bits per heavy atom. The third kappa shape index (κ3) is 3.17. The first-order valence-corrected chi connectivity index (χ1v) is 6.88. The Hall–Kier alpha value is -1.87. The predicted octanol–water partition coefficient (Wildman–Crippen LogP) is 4.60. The highest BCUT2D eigenvalue weighted by Gasteiger charge is 2.13. The van der Waals surface area contributed by atoms with Gasteiger partial charge in [0.2, 0.25) is 0 Å². The number of para-hydroxylation sites is 1. The quantitative estimate of drug-likeness (QED) is 0.859. The van der Waals surface area contributed by atoms with Gasteiger partial charge in [-0.2, -0.15) is 0 Å². The van der Waals surface area contributed by atoms with Gasteiger partial charge in [0, 0.05) is 11.6 Å². The average Bonchev–Trinajstić information content (AvgIpc) is 2.45. The first-order chi connectivity index (χ1) is 9.63. The van der Waals surface area contributed by atoms with Gasteiger partial charge in [0.1, 0.15) is 5.75 Å². The second-order valence-electron chi connectivity index (χ2n) is 4.81. The second-order valence-corrected chi connectivity index (χ2v) is 4.81. The minimum atomic E-state index is -0.307. The maximum atomic E-state index is 14.0. The van der Waals surface area contributed by atoms with Crippen molar-refractivity contribution in [2.24, 2.45) is 0 Å². The Morgan fingerprint density at radius 3 is 2.55 bits per heavy atom. The number of rotatable bonds is 5. The normalized spacial score (nSPS) is 12.2. The summed E-state index contributed by atoms with van der Waals surface area (Å²) in [6.07, 6.45) is 0. The second kappa shape index (κ2) is 6.53. The van der Waals surface area contributed by atoms with Crippen LogP contribution < -0.4 is 10.1 Å². The first kappa shape index (κ1) is 14.5. The number of benzene rings is 2. The first-order valence-electron chi connectivity index (χ1n) is 6.88. The molecule has 1 N–H and O–H groups in total. The van der Waals surface area contributed by atoms with Crippen molar-refractivity contribution < 1.29 is 9.13 Å². The van der Waals surface area contributed by atoms with E-state index in [9.17, 15) is 4.39 Å². The van der Waals surface area contributed by atoms with E-state index in [4.69, 9.17) is 4.74 Å². The zero-order valence-electron chi connectivity index (χ0n) is 12.1. The van der Waals surface area contributed by atoms with Crippen LogP contribution in [0.15, 0.2) is 42.5 Å². The van der Waals surface area contributed by atoms with Crippen LogP contribution in [0, 0.1) is 12.7 Å². The summed E-state index contributed by atoms with van der Waals surface area (Å²) in [4.78, 5) is 0. The molecule has 2 aromatic rings. The number of nitrogens with one attached hydrogen (secondary N) is 1. The largest absolute Gasteiger partial charge is 0.454 e. The third-order valence-corrected chi connectivity index (χ3v) is 3.27. The van der Waals surface area contributed by atoms with Gasteiger partial charge in [-0.05, 0) is 38.1 Å². The van der Waals surface area contributed by atoms with Gasteiger partial charge in [-0.25, -0.2) is 4.39 Å². The van der Waals surface area contributed by atoms with Crippen molar-refractivity contribution in [1.82, 2.24) is 5.32 Å². The summed E-state index contributed by atoms with van der Waals surface area (Å²) >= 11 is 0. The summed E-state index contributed by atoms with van der Waals surface area (Å²) in [5.74, 6) is 0.644. The predicted molar refractivity (Wildman–Crippen MR) is 79.7 cm³/mol. The number of ether oxygens (including phenoxy) is 1. The van der Waals surface area contributed by atoms with Crippen molar-refractivity contribution >= 4 is 0 Å². The van der Waals surface area contributed by atoms with Crippen LogP contribution in [0.4, 0.5) is 4.39 Å². The Bertz CT molecular complexity index is 583. The molecule has 0 amide bonds. The molecule has 2 rings (SSSR count). The van der Waals surface area contributed by atoms with Crippen LogP contribution in [-0.2, 0) is 0 Å². The molecule has 0 saturated carbocycles. The highest BCUT2D eigenvalue weighted by molar-refractivity contribution is 5.41. The van der Waals surface area contributed by atoms with E-state index >= 15 is 0 Å². The molecule has 0 fully saturated rings. The highest BCUT2D eigenvalue weighted by Crippen LogP contribution is 2.31. The molecule has 0 spiro atoms. The summed E-state index contributed by atoms with van der Waals surface area (Å²) in [6.45, 7) is 6.72. The highest BCUT2D eigenvalue weighted by atomic mass is 19.1. The van der Waals surface area contributed by atoms with Gasteiger partial charge in [-0.3, -0.25) is 0 Å². The number of hydrogen-bond donors (Lipinski definition) is 1. The zero-order chi connectivity index (χ0) is 14.5. The molecule has 1 atom stereocenters. The molecule has 0 aromatic heterocycles. The number of aryl methyl sites for hydroxylation is 1. The molecular weight excluding hydrogens is 253 g/mol. The van der Waals surface area contributed by atoms with Crippen molar-refractivity contribution in [1.29, 1.82) is 0 Å². The molecule has 3 heteroatoms. The Balaban J connectivity index is 2.32. The van der Waals surface area contributed by atoms with Crippen molar-refractivity contribution in [2.75, 3.05) is 6.54 Å². The molecule has 0 saturated heterocycles. The van der Waals surface area contributed by atoms with Crippen LogP contribution >= 0.6 is 0 Å². The Kier molecular flexibility index (Phi) is 4.74. The summed E-state index contributed by atoms with van der Waals surface area (Å²) in [5, 5.41) is 3.34. The molecule has 106 valence electrons. The van der Waals surface area contributed by atoms with Crippen molar-refractivity contribution in [2.45, 2.75) is 26.8 Å². The summed E-state index contributed by atoms with van der Waals surface area (Å²) in [7, 11) is 0. The minimum absolute atomic E-state index is 0.157. The van der Waals surface area contributed by atoms with Gasteiger partial charge < -0.3 is 10.1 Å². The lowest BCUT2D eigenvalue weighted by Crippen LogP contribution is -2.18. The summed E-state index contributed by atoms with van der Waals surface area (Å²) in [5.41, 5.74) is 1.61. The lowest BCUT2D eigenvalue weighted by Gasteiger charge is -2.17. The van der Waals surface area contributed by atoms with Gasteiger partial charge in [-0.15, -0.1) is 0 Å². The molecule has 2 nitrogen and oxygen atoms in total. The topological polar surface area (TPSA) is 21.3 Å². The van der Waals surface area contributed by atoms with Crippen LogP contribution in [0.5, 0.6) is 11.5 Å². The van der Waals surface area contributed by atoms with E-state index in [0.717, 1.165) is 12.1 Å². The average molecular weight is 273 g/mol. The fourth-order valence-corrected chi connectivity index (χ4v) is 2.17. The standard InChI is InChI=1S/C17H20FNO/c1-4-19-13(3)14-9-5-6-10-15(14)20-16-11-7-8-12(2)17(16)18/h5-11,13,19H,4H2,1-3H3. The van der Waals surface area contributed by atoms with Gasteiger partial charge in [0.15, 0.2) is 11.6 Å². The Morgan fingerprint density at radius 2 is 1.80 bits per heavy atom. The third-order valence-electron chi connectivity index (χ3n) is 3.27. The number of halogens is 1. The zero-order valence-corrected chi connectivity index (χ0v) is 12.1. The minimum Gasteiger partial charge on any atom is -0.454 e. The smallest absolute Gasteiger partial charge is 0.168 e. The molecule has 1 unspecified atom stereocenters. The van der Waals surface area contributed by atoms with Gasteiger partial charge in [-0.1, -0.05) is 37.3 Å². The van der Waals surface area contributed by atoms with Crippen molar-refractivity contribution in [3.8, 4) is 11.5 Å². The molecule has 0 aliphatic carbocycles. The molecular formula is C17H20FNO. The van der Waals surface area contributed by atoms with E-state index in [1.54, 1.807) is 25.1 Å². The van der Waals surface area contributed by atoms with Gasteiger partial charge in [0.05, 0.1) is 0 Å². The molecule has 0 aliphatic rings. The van der Waals surface area contributed by atoms with Crippen LogP contribution in [0.25, 0.3) is 0 Å². The summed E-state index contributed by atoms with van der Waals surface area (Å²) < 4.78 is 19.8. The van der Waals surface area contributed by atoms with E-state index in [1.807, 2.05) is 24.3 Å². The lowest BCUT2D eigenvalue weighted by molar-refractivity contribution is 0.428. The SMILES string of the molecule is CCNC(C)c1ccccc1Oc1cccc(C)c1F. The molecule has 0 aliphatic heterocycles. The Labute approximate surface area is 119 Å². The van der Waals surface area contributed by atoms with Crippen LogP contribution in [0.3, 0.4) is 0 Å². The number of hydrogen-bond acceptors (Lipinski definition) is 2.